The van der Waals surface area contributed by atoms with E-state index in [1.165, 1.54) is 29.2 Å². The molecule has 0 atom stereocenters. The Balaban J connectivity index is 1.94. The van der Waals surface area contributed by atoms with Crippen molar-refractivity contribution in [2.45, 2.75) is 13.8 Å². The van der Waals surface area contributed by atoms with E-state index >= 15 is 0 Å². The first-order chi connectivity index (χ1) is 9.13. The molecule has 0 saturated heterocycles. The maximum atomic E-state index is 11.8. The molecule has 5 nitrogen and oxygen atoms in total. The van der Waals surface area contributed by atoms with Crippen molar-refractivity contribution in [1.29, 1.82) is 0 Å². The summed E-state index contributed by atoms with van der Waals surface area (Å²) in [6.07, 6.45) is 1.43. The zero-order valence-corrected chi connectivity index (χ0v) is 11.2. The van der Waals surface area contributed by atoms with Gasteiger partial charge in [0.25, 0.3) is 5.91 Å². The quantitative estimate of drug-likeness (QED) is 0.778. The Bertz CT molecular complexity index is 747. The summed E-state index contributed by atoms with van der Waals surface area (Å²) in [5.41, 5.74) is 3.21. The summed E-state index contributed by atoms with van der Waals surface area (Å²) >= 11 is 1.45. The topological polar surface area (TPSA) is 68.0 Å². The predicted molar refractivity (Wildman–Crippen MR) is 73.6 cm³/mol. The van der Waals surface area contributed by atoms with Gasteiger partial charge in [-0.2, -0.15) is 0 Å². The molecular formula is C13H11N3O2S. The molecule has 0 saturated carbocycles. The van der Waals surface area contributed by atoms with Crippen molar-refractivity contribution in [3.63, 3.8) is 0 Å². The van der Waals surface area contributed by atoms with Gasteiger partial charge in [-0.05, 0) is 31.0 Å². The molecule has 6 heteroatoms. The van der Waals surface area contributed by atoms with Crippen LogP contribution in [0.1, 0.15) is 21.7 Å². The van der Waals surface area contributed by atoms with E-state index < -0.39 is 0 Å². The fraction of sp³-hybridized carbons (Fsp3) is 0.154. The predicted octanol–water partition coefficient (Wildman–Crippen LogP) is 3.15. The molecule has 96 valence electrons. The molecule has 3 rings (SSSR count). The highest BCUT2D eigenvalue weighted by Gasteiger charge is 2.13. The Morgan fingerprint density at radius 3 is 2.95 bits per heavy atom. The van der Waals surface area contributed by atoms with Crippen LogP contribution in [-0.4, -0.2) is 16.0 Å². The lowest BCUT2D eigenvalue weighted by molar-refractivity contribution is 0.0988. The van der Waals surface area contributed by atoms with Gasteiger partial charge in [-0.1, -0.05) is 22.6 Å². The fourth-order valence-electron chi connectivity index (χ4n) is 1.92. The summed E-state index contributed by atoms with van der Waals surface area (Å²) in [5, 5.41) is 6.78. The SMILES string of the molecule is Cc1cc(C)c2nc(NC(=O)c3ccno3)sc2c1. The molecule has 19 heavy (non-hydrogen) atoms. The van der Waals surface area contributed by atoms with Crippen LogP contribution in [0.15, 0.2) is 28.9 Å². The van der Waals surface area contributed by atoms with Gasteiger partial charge in [-0.15, -0.1) is 0 Å². The van der Waals surface area contributed by atoms with Crippen LogP contribution in [0.4, 0.5) is 5.13 Å². The molecule has 0 bridgehead atoms. The summed E-state index contributed by atoms with van der Waals surface area (Å²) in [5.74, 6) is -0.168. The van der Waals surface area contributed by atoms with Gasteiger partial charge in [0.1, 0.15) is 0 Å². The lowest BCUT2D eigenvalue weighted by atomic mass is 10.1. The van der Waals surface area contributed by atoms with Crippen LogP contribution in [0.25, 0.3) is 10.2 Å². The average Bonchev–Trinajstić information content (AvgIpc) is 2.96. The van der Waals surface area contributed by atoms with Gasteiger partial charge in [0.15, 0.2) is 5.13 Å². The van der Waals surface area contributed by atoms with Gasteiger partial charge in [0.05, 0.1) is 16.4 Å². The number of amides is 1. The monoisotopic (exact) mass is 273 g/mol. The Morgan fingerprint density at radius 2 is 2.21 bits per heavy atom. The normalized spacial score (nSPS) is 10.8. The van der Waals surface area contributed by atoms with E-state index in [9.17, 15) is 4.79 Å². The molecule has 0 spiro atoms. The lowest BCUT2D eigenvalue weighted by Crippen LogP contribution is -2.10. The number of aromatic nitrogens is 2. The molecular weight excluding hydrogens is 262 g/mol. The summed E-state index contributed by atoms with van der Waals surface area (Å²) in [7, 11) is 0. The smallest absolute Gasteiger partial charge is 0.296 e. The number of carbonyl (C=O) groups excluding carboxylic acids is 1. The molecule has 1 N–H and O–H groups in total. The van der Waals surface area contributed by atoms with Crippen molar-refractivity contribution < 1.29 is 9.32 Å². The van der Waals surface area contributed by atoms with E-state index in [4.69, 9.17) is 4.52 Å². The first kappa shape index (κ1) is 11.9. The Hall–Kier alpha value is -2.21. The fourth-order valence-corrected chi connectivity index (χ4v) is 2.95. The second kappa shape index (κ2) is 4.47. The number of aryl methyl sites for hydroxylation is 2. The molecule has 0 fully saturated rings. The second-order valence-corrected chi connectivity index (χ2v) is 5.31. The number of rotatable bonds is 2. The minimum atomic E-state index is -0.342. The van der Waals surface area contributed by atoms with Crippen molar-refractivity contribution in [2.24, 2.45) is 0 Å². The number of benzene rings is 1. The molecule has 0 aliphatic rings. The number of hydrogen-bond donors (Lipinski definition) is 1. The summed E-state index contributed by atoms with van der Waals surface area (Å²) in [4.78, 5) is 16.3. The molecule has 0 unspecified atom stereocenters. The number of carbonyl (C=O) groups is 1. The van der Waals surface area contributed by atoms with Crippen LogP contribution < -0.4 is 5.32 Å². The van der Waals surface area contributed by atoms with Crippen molar-refractivity contribution in [3.8, 4) is 0 Å². The molecule has 1 aromatic carbocycles. The maximum absolute atomic E-state index is 11.8. The molecule has 0 aliphatic heterocycles. The van der Waals surface area contributed by atoms with Crippen LogP contribution in [0.5, 0.6) is 0 Å². The largest absolute Gasteiger partial charge is 0.351 e. The highest BCUT2D eigenvalue weighted by molar-refractivity contribution is 7.22. The highest BCUT2D eigenvalue weighted by Crippen LogP contribution is 2.29. The molecule has 0 radical (unpaired) electrons. The number of fused-ring (bicyclic) bond motifs is 1. The number of anilines is 1. The molecule has 2 aromatic heterocycles. The van der Waals surface area contributed by atoms with Crippen LogP contribution in [0.2, 0.25) is 0 Å². The minimum Gasteiger partial charge on any atom is -0.351 e. The van der Waals surface area contributed by atoms with Crippen molar-refractivity contribution in [1.82, 2.24) is 10.1 Å². The van der Waals surface area contributed by atoms with Crippen LogP contribution in [0, 0.1) is 13.8 Å². The molecule has 1 amide bonds. The van der Waals surface area contributed by atoms with E-state index in [1.54, 1.807) is 0 Å². The summed E-state index contributed by atoms with van der Waals surface area (Å²) < 4.78 is 5.86. The first-order valence-electron chi connectivity index (χ1n) is 5.73. The van der Waals surface area contributed by atoms with Gasteiger partial charge in [0, 0.05) is 6.07 Å². The molecule has 0 aliphatic carbocycles. The van der Waals surface area contributed by atoms with E-state index in [-0.39, 0.29) is 11.7 Å². The average molecular weight is 273 g/mol. The Kier molecular flexibility index (Phi) is 2.79. The first-order valence-corrected chi connectivity index (χ1v) is 6.55. The summed E-state index contributed by atoms with van der Waals surface area (Å²) in [6.45, 7) is 4.05. The number of thiazole rings is 1. The van der Waals surface area contributed by atoms with E-state index in [0.717, 1.165) is 15.8 Å². The molecule has 2 heterocycles. The van der Waals surface area contributed by atoms with Crippen molar-refractivity contribution >= 4 is 32.6 Å². The van der Waals surface area contributed by atoms with E-state index in [1.807, 2.05) is 13.8 Å². The van der Waals surface area contributed by atoms with Gasteiger partial charge in [0.2, 0.25) is 5.76 Å². The lowest BCUT2D eigenvalue weighted by Gasteiger charge is -1.96. The van der Waals surface area contributed by atoms with Crippen LogP contribution >= 0.6 is 11.3 Å². The molecule has 3 aromatic rings. The van der Waals surface area contributed by atoms with Crippen molar-refractivity contribution in [2.75, 3.05) is 5.32 Å². The number of nitrogens with one attached hydrogen (secondary N) is 1. The van der Waals surface area contributed by atoms with Gasteiger partial charge in [-0.25, -0.2) is 4.98 Å². The minimum absolute atomic E-state index is 0.173. The number of nitrogens with zero attached hydrogens (tertiary/aromatic N) is 2. The second-order valence-electron chi connectivity index (χ2n) is 4.28. The van der Waals surface area contributed by atoms with Gasteiger partial charge < -0.3 is 4.52 Å². The van der Waals surface area contributed by atoms with E-state index in [0.29, 0.717) is 5.13 Å². The third-order valence-corrected chi connectivity index (χ3v) is 3.63. The van der Waals surface area contributed by atoms with Gasteiger partial charge in [-0.3, -0.25) is 10.1 Å². The Morgan fingerprint density at radius 1 is 1.37 bits per heavy atom. The van der Waals surface area contributed by atoms with E-state index in [2.05, 4.69) is 27.6 Å². The van der Waals surface area contributed by atoms with Crippen LogP contribution in [-0.2, 0) is 0 Å². The zero-order chi connectivity index (χ0) is 13.4. The van der Waals surface area contributed by atoms with Crippen LogP contribution in [0.3, 0.4) is 0 Å². The third kappa shape index (κ3) is 2.22. The number of hydrogen-bond acceptors (Lipinski definition) is 5. The maximum Gasteiger partial charge on any atom is 0.296 e. The third-order valence-electron chi connectivity index (χ3n) is 2.71. The highest BCUT2D eigenvalue weighted by atomic mass is 32.1. The standard InChI is InChI=1S/C13H11N3O2S/c1-7-5-8(2)11-10(6-7)19-13(15-11)16-12(17)9-3-4-14-18-9/h3-6H,1-2H3,(H,15,16,17). The summed E-state index contributed by atoms with van der Waals surface area (Å²) in [6, 6.07) is 5.65. The zero-order valence-electron chi connectivity index (χ0n) is 10.4. The Labute approximate surface area is 113 Å². The van der Waals surface area contributed by atoms with Gasteiger partial charge >= 0.3 is 0 Å². The van der Waals surface area contributed by atoms with Crippen molar-refractivity contribution in [3.05, 3.63) is 41.3 Å².